The summed E-state index contributed by atoms with van der Waals surface area (Å²) in [5.41, 5.74) is 4.17. The number of aryl methyl sites for hydroxylation is 1. The van der Waals surface area contributed by atoms with Crippen molar-refractivity contribution in [2.45, 2.75) is 13.3 Å². The summed E-state index contributed by atoms with van der Waals surface area (Å²) < 4.78 is 5.51. The van der Waals surface area contributed by atoms with Crippen LogP contribution >= 0.6 is 11.6 Å². The van der Waals surface area contributed by atoms with Gasteiger partial charge in [0.05, 0.1) is 36.7 Å². The largest absolute Gasteiger partial charge is 0.375 e. The van der Waals surface area contributed by atoms with E-state index in [4.69, 9.17) is 16.3 Å². The van der Waals surface area contributed by atoms with Crippen LogP contribution in [0.1, 0.15) is 16.8 Å². The predicted octanol–water partition coefficient (Wildman–Crippen LogP) is 3.44. The lowest BCUT2D eigenvalue weighted by Gasteiger charge is -2.26. The van der Waals surface area contributed by atoms with Crippen LogP contribution in [0.3, 0.4) is 0 Å². The second kappa shape index (κ2) is 6.98. The molecule has 1 saturated heterocycles. The molecule has 4 nitrogen and oxygen atoms in total. The molecule has 0 aliphatic carbocycles. The van der Waals surface area contributed by atoms with Gasteiger partial charge < -0.3 is 4.74 Å². The highest BCUT2D eigenvalue weighted by Crippen LogP contribution is 2.32. The van der Waals surface area contributed by atoms with E-state index >= 15 is 0 Å². The Labute approximate surface area is 152 Å². The standard InChI is InChI=1S/C20H20ClN3O/c1-14-7-8-16-18(21)17(13-15-5-3-2-4-6-15)20(23-19(16)22-14)24-9-11-25-12-10-24/h2-8H,9-13H2,1H3/p+1. The number of anilines is 1. The zero-order chi connectivity index (χ0) is 17.2. The smallest absolute Gasteiger partial charge is 0.269 e. The third kappa shape index (κ3) is 3.32. The monoisotopic (exact) mass is 354 g/mol. The molecule has 128 valence electrons. The number of aromatic nitrogens is 2. The van der Waals surface area contributed by atoms with Crippen molar-refractivity contribution in [2.75, 3.05) is 31.2 Å². The molecule has 25 heavy (non-hydrogen) atoms. The lowest BCUT2D eigenvalue weighted by molar-refractivity contribution is -0.334. The van der Waals surface area contributed by atoms with Crippen LogP contribution in [-0.4, -0.2) is 31.3 Å². The van der Waals surface area contributed by atoms with Gasteiger partial charge in [-0.1, -0.05) is 41.9 Å². The normalized spacial score (nSPS) is 14.9. The van der Waals surface area contributed by atoms with E-state index in [-0.39, 0.29) is 0 Å². The van der Waals surface area contributed by atoms with Gasteiger partial charge >= 0.3 is 0 Å². The first-order valence-electron chi connectivity index (χ1n) is 8.60. The number of rotatable bonds is 3. The summed E-state index contributed by atoms with van der Waals surface area (Å²) in [6.45, 7) is 5.16. The van der Waals surface area contributed by atoms with Crippen LogP contribution in [0.5, 0.6) is 0 Å². The van der Waals surface area contributed by atoms with E-state index in [2.05, 4.69) is 39.1 Å². The molecule has 1 fully saturated rings. The highest BCUT2D eigenvalue weighted by atomic mass is 35.5. The van der Waals surface area contributed by atoms with Gasteiger partial charge in [-0.05, 0) is 24.6 Å². The number of halogens is 1. The minimum Gasteiger partial charge on any atom is -0.375 e. The summed E-state index contributed by atoms with van der Waals surface area (Å²) >= 11 is 6.85. The van der Waals surface area contributed by atoms with Crippen LogP contribution in [0.15, 0.2) is 42.5 Å². The number of ether oxygens (including phenoxy) is 1. The third-order valence-electron chi connectivity index (χ3n) is 4.61. The fourth-order valence-electron chi connectivity index (χ4n) is 3.30. The molecule has 0 atom stereocenters. The van der Waals surface area contributed by atoms with Gasteiger partial charge in [-0.2, -0.15) is 0 Å². The van der Waals surface area contributed by atoms with E-state index in [1.165, 1.54) is 5.56 Å². The molecule has 0 radical (unpaired) electrons. The molecule has 1 aliphatic rings. The zero-order valence-corrected chi connectivity index (χ0v) is 15.0. The van der Waals surface area contributed by atoms with Crippen molar-refractivity contribution in [1.29, 1.82) is 0 Å². The molecule has 2 aromatic heterocycles. The molecule has 0 spiro atoms. The Hall–Kier alpha value is -2.17. The van der Waals surface area contributed by atoms with Crippen LogP contribution in [0, 0.1) is 6.92 Å². The summed E-state index contributed by atoms with van der Waals surface area (Å²) in [6.07, 6.45) is 0.784. The first-order chi connectivity index (χ1) is 12.2. The molecule has 1 N–H and O–H groups in total. The fourth-order valence-corrected chi connectivity index (χ4v) is 3.61. The molecular weight excluding hydrogens is 334 g/mol. The molecule has 3 heterocycles. The molecule has 0 saturated carbocycles. The summed E-state index contributed by atoms with van der Waals surface area (Å²) in [5, 5.41) is 1.75. The van der Waals surface area contributed by atoms with Gasteiger partial charge in [-0.25, -0.2) is 4.98 Å². The molecule has 5 heteroatoms. The summed E-state index contributed by atoms with van der Waals surface area (Å²) in [6, 6.07) is 14.5. The van der Waals surface area contributed by atoms with Gasteiger partial charge in [0.15, 0.2) is 0 Å². The highest BCUT2D eigenvalue weighted by Gasteiger charge is 2.25. The number of nitrogens with one attached hydrogen (secondary N) is 1. The average molecular weight is 355 g/mol. The van der Waals surface area contributed by atoms with Crippen molar-refractivity contribution in [1.82, 2.24) is 4.98 Å². The molecule has 0 amide bonds. The van der Waals surface area contributed by atoms with Gasteiger partial charge in [0, 0.05) is 12.0 Å². The summed E-state index contributed by atoms with van der Waals surface area (Å²) in [4.78, 5) is 10.5. The summed E-state index contributed by atoms with van der Waals surface area (Å²) in [5.74, 6) is 1.06. The van der Waals surface area contributed by atoms with E-state index in [0.29, 0.717) is 0 Å². The van der Waals surface area contributed by atoms with E-state index < -0.39 is 0 Å². The zero-order valence-electron chi connectivity index (χ0n) is 14.3. The first-order valence-corrected chi connectivity index (χ1v) is 8.98. The van der Waals surface area contributed by atoms with Gasteiger partial charge in [0.2, 0.25) is 5.82 Å². The molecule has 1 aliphatic heterocycles. The van der Waals surface area contributed by atoms with E-state index in [9.17, 15) is 0 Å². The number of morpholine rings is 1. The predicted molar refractivity (Wildman–Crippen MR) is 100 cm³/mol. The van der Waals surface area contributed by atoms with Crippen molar-refractivity contribution < 1.29 is 9.72 Å². The molecule has 4 rings (SSSR count). The Morgan fingerprint density at radius 2 is 1.88 bits per heavy atom. The Bertz CT molecular complexity index is 892. The van der Waals surface area contributed by atoms with Crippen LogP contribution in [0.2, 0.25) is 5.02 Å². The van der Waals surface area contributed by atoms with Crippen molar-refractivity contribution in [3.8, 4) is 0 Å². The van der Waals surface area contributed by atoms with Gasteiger partial charge in [0.25, 0.3) is 5.65 Å². The third-order valence-corrected chi connectivity index (χ3v) is 5.04. The van der Waals surface area contributed by atoms with E-state index in [0.717, 1.165) is 65.9 Å². The summed E-state index contributed by atoms with van der Waals surface area (Å²) in [7, 11) is 0. The van der Waals surface area contributed by atoms with Crippen LogP contribution in [0.25, 0.3) is 11.0 Å². The Morgan fingerprint density at radius 1 is 1.12 bits per heavy atom. The SMILES string of the molecule is Cc1ccc2c(Cl)c(Cc3ccccc3)c(N3CCOCC3)[nH+]c2n1. The second-order valence-electron chi connectivity index (χ2n) is 6.38. The first kappa shape index (κ1) is 16.3. The Morgan fingerprint density at radius 3 is 2.64 bits per heavy atom. The Balaban J connectivity index is 1.87. The molecule has 0 bridgehead atoms. The number of hydrogen-bond donors (Lipinski definition) is 0. The van der Waals surface area contributed by atoms with Crippen LogP contribution in [-0.2, 0) is 11.2 Å². The number of pyridine rings is 2. The van der Waals surface area contributed by atoms with Crippen molar-refractivity contribution in [3.05, 3.63) is 64.3 Å². The maximum atomic E-state index is 6.85. The maximum Gasteiger partial charge on any atom is 0.269 e. The van der Waals surface area contributed by atoms with Crippen molar-refractivity contribution in [2.24, 2.45) is 0 Å². The minimum absolute atomic E-state index is 0.732. The lowest BCUT2D eigenvalue weighted by atomic mass is 10.0. The van der Waals surface area contributed by atoms with Gasteiger partial charge in [-0.15, -0.1) is 4.98 Å². The van der Waals surface area contributed by atoms with E-state index in [1.54, 1.807) is 0 Å². The number of fused-ring (bicyclic) bond motifs is 1. The molecular formula is C20H21ClN3O+. The highest BCUT2D eigenvalue weighted by molar-refractivity contribution is 6.36. The average Bonchev–Trinajstić information content (AvgIpc) is 2.65. The van der Waals surface area contributed by atoms with Crippen LogP contribution < -0.4 is 9.88 Å². The van der Waals surface area contributed by atoms with Gasteiger partial charge in [0.1, 0.15) is 5.69 Å². The van der Waals surface area contributed by atoms with Crippen molar-refractivity contribution in [3.63, 3.8) is 0 Å². The minimum atomic E-state index is 0.732. The van der Waals surface area contributed by atoms with Gasteiger partial charge in [-0.3, -0.25) is 4.90 Å². The second-order valence-corrected chi connectivity index (χ2v) is 6.75. The topological polar surface area (TPSA) is 39.5 Å². The number of benzene rings is 1. The molecule has 0 unspecified atom stereocenters. The number of aromatic amines is 1. The van der Waals surface area contributed by atoms with Crippen LogP contribution in [0.4, 0.5) is 5.82 Å². The quantitative estimate of drug-likeness (QED) is 0.723. The molecule has 3 aromatic rings. The number of nitrogens with zero attached hydrogens (tertiary/aromatic N) is 2. The fraction of sp³-hybridized carbons (Fsp3) is 0.300. The number of hydrogen-bond acceptors (Lipinski definition) is 3. The lowest BCUT2D eigenvalue weighted by Crippen LogP contribution is -2.40. The molecule has 1 aromatic carbocycles. The van der Waals surface area contributed by atoms with Crippen molar-refractivity contribution >= 4 is 28.5 Å². The Kier molecular flexibility index (Phi) is 4.55. The van der Waals surface area contributed by atoms with E-state index in [1.807, 2.05) is 25.1 Å². The number of H-pyrrole nitrogens is 1. The maximum absolute atomic E-state index is 6.85.